The van der Waals surface area contributed by atoms with E-state index in [1.165, 1.54) is 12.5 Å². The van der Waals surface area contributed by atoms with Crippen LogP contribution in [0.1, 0.15) is 31.0 Å². The number of hydrogen-bond donors (Lipinski definition) is 1. The van der Waals surface area contributed by atoms with E-state index in [-0.39, 0.29) is 17.2 Å². The van der Waals surface area contributed by atoms with Gasteiger partial charge in [0, 0.05) is 61.6 Å². The average molecular weight is 375 g/mol. The molecule has 1 saturated carbocycles. The van der Waals surface area contributed by atoms with E-state index in [1.807, 2.05) is 30.2 Å². The lowest BCUT2D eigenvalue weighted by Crippen LogP contribution is -2.47. The third kappa shape index (κ3) is 2.66. The molecule has 0 aromatic carbocycles. The van der Waals surface area contributed by atoms with Crippen molar-refractivity contribution in [1.29, 1.82) is 5.26 Å². The first-order valence-electron chi connectivity index (χ1n) is 9.53. The molecule has 1 saturated heterocycles. The Morgan fingerprint density at radius 3 is 2.79 bits per heavy atom. The molecule has 142 valence electrons. The summed E-state index contributed by atoms with van der Waals surface area (Å²) in [6.07, 6.45) is 4.19. The lowest BCUT2D eigenvalue weighted by molar-refractivity contribution is -0.114. The molecule has 4 heterocycles. The summed E-state index contributed by atoms with van der Waals surface area (Å²) in [5, 5.41) is 11.8. The summed E-state index contributed by atoms with van der Waals surface area (Å²) >= 11 is 0. The van der Waals surface area contributed by atoms with Crippen LogP contribution in [0.25, 0.3) is 0 Å². The van der Waals surface area contributed by atoms with E-state index >= 15 is 0 Å². The van der Waals surface area contributed by atoms with E-state index < -0.39 is 0 Å². The smallest absolute Gasteiger partial charge is 0.227 e. The predicted molar refractivity (Wildman–Crippen MR) is 105 cm³/mol. The lowest BCUT2D eigenvalue weighted by Gasteiger charge is -2.35. The fourth-order valence-electron chi connectivity index (χ4n) is 4.12. The maximum Gasteiger partial charge on any atom is 0.227 e. The Kier molecular flexibility index (Phi) is 3.56. The number of nitrogens with zero attached hydrogens (tertiary/aromatic N) is 6. The minimum absolute atomic E-state index is 0.0566. The molecule has 3 aliphatic rings. The van der Waals surface area contributed by atoms with Crippen LogP contribution in [0, 0.1) is 24.2 Å². The van der Waals surface area contributed by atoms with Gasteiger partial charge in [0.25, 0.3) is 0 Å². The van der Waals surface area contributed by atoms with E-state index in [1.54, 1.807) is 0 Å². The summed E-state index contributed by atoms with van der Waals surface area (Å²) in [6.45, 7) is 5.67. The molecule has 1 aliphatic carbocycles. The number of pyridine rings is 1. The van der Waals surface area contributed by atoms with E-state index in [4.69, 9.17) is 10.2 Å². The van der Waals surface area contributed by atoms with E-state index in [0.717, 1.165) is 36.6 Å². The Morgan fingerprint density at radius 2 is 2.11 bits per heavy atom. The summed E-state index contributed by atoms with van der Waals surface area (Å²) < 4.78 is 0. The molecule has 2 fully saturated rings. The average Bonchev–Trinajstić information content (AvgIpc) is 3.31. The first kappa shape index (κ1) is 16.9. The molecule has 2 aromatic rings. The number of carbonyl (C=O) groups excluding carboxylic acids is 1. The lowest BCUT2D eigenvalue weighted by atomic mass is 10.0. The van der Waals surface area contributed by atoms with Crippen LogP contribution in [0.2, 0.25) is 0 Å². The number of anilines is 4. The number of aromatic nitrogens is 3. The van der Waals surface area contributed by atoms with E-state index in [9.17, 15) is 4.79 Å². The Morgan fingerprint density at radius 1 is 1.32 bits per heavy atom. The number of hydrogen-bond acceptors (Lipinski definition) is 7. The topological polar surface area (TPSA) is 98.0 Å². The molecule has 2 aliphatic heterocycles. The molecule has 0 unspecified atom stereocenters. The molecule has 1 amide bonds. The minimum atomic E-state index is -0.136. The highest BCUT2D eigenvalue weighted by molar-refractivity contribution is 5.89. The fourth-order valence-corrected chi connectivity index (χ4v) is 4.12. The van der Waals surface area contributed by atoms with Crippen LogP contribution in [0.5, 0.6) is 0 Å². The number of nitriles is 1. The van der Waals surface area contributed by atoms with E-state index in [2.05, 4.69) is 26.3 Å². The van der Waals surface area contributed by atoms with Crippen LogP contribution < -0.4 is 15.1 Å². The third-order valence-electron chi connectivity index (χ3n) is 5.82. The summed E-state index contributed by atoms with van der Waals surface area (Å²) in [6, 6.07) is 6.23. The molecular weight excluding hydrogens is 354 g/mol. The van der Waals surface area contributed by atoms with Gasteiger partial charge in [-0.05, 0) is 19.8 Å². The Bertz CT molecular complexity index is 1020. The quantitative estimate of drug-likeness (QED) is 0.879. The van der Waals surface area contributed by atoms with Crippen LogP contribution >= 0.6 is 0 Å². The summed E-state index contributed by atoms with van der Waals surface area (Å²) in [5.74, 6) is 2.01. The Hall–Kier alpha value is -3.21. The minimum Gasteiger partial charge on any atom is -0.338 e. The maximum atomic E-state index is 11.4. The van der Waals surface area contributed by atoms with Crippen molar-refractivity contribution in [3.05, 3.63) is 29.6 Å². The van der Waals surface area contributed by atoms with Crippen LogP contribution in [0.3, 0.4) is 0 Å². The standard InChI is InChI=1S/C20H21N7O/c1-12-5-18(25-19(23-12)26-9-14(7-21)10-26)27-11-20(3-4-20)15-8-22-17(6-16(15)27)24-13(2)28/h5-6,8,14H,3-4,9-11H2,1-2H3,(H,22,24,28). The van der Waals surface area contributed by atoms with Crippen molar-refractivity contribution in [1.82, 2.24) is 15.0 Å². The number of nitrogens with one attached hydrogen (secondary N) is 1. The highest BCUT2D eigenvalue weighted by atomic mass is 16.1. The first-order chi connectivity index (χ1) is 13.5. The van der Waals surface area contributed by atoms with Crippen LogP contribution in [-0.4, -0.2) is 40.5 Å². The molecule has 0 radical (unpaired) electrons. The second-order valence-electron chi connectivity index (χ2n) is 8.03. The monoisotopic (exact) mass is 375 g/mol. The molecule has 1 N–H and O–H groups in total. The van der Waals surface area contributed by atoms with E-state index in [0.29, 0.717) is 24.9 Å². The zero-order valence-electron chi connectivity index (χ0n) is 15.9. The number of carbonyl (C=O) groups is 1. The molecular formula is C20H21N7O. The van der Waals surface area contributed by atoms with Crippen LogP contribution in [0.4, 0.5) is 23.3 Å². The van der Waals surface area contributed by atoms with Gasteiger partial charge >= 0.3 is 0 Å². The van der Waals surface area contributed by atoms with Crippen molar-refractivity contribution in [3.63, 3.8) is 0 Å². The van der Waals surface area contributed by atoms with Crippen LogP contribution in [0.15, 0.2) is 18.3 Å². The molecule has 28 heavy (non-hydrogen) atoms. The molecule has 5 rings (SSSR count). The zero-order valence-corrected chi connectivity index (χ0v) is 15.9. The molecule has 0 bridgehead atoms. The SMILES string of the molecule is CC(=O)Nc1cc2c(cn1)C1(CC1)CN2c1cc(C)nc(N2CC(C#N)C2)n1. The van der Waals surface area contributed by atoms with Gasteiger partial charge in [0.15, 0.2) is 0 Å². The predicted octanol–water partition coefficient (Wildman–Crippen LogP) is 2.28. The maximum absolute atomic E-state index is 11.4. The molecule has 8 nitrogen and oxygen atoms in total. The summed E-state index contributed by atoms with van der Waals surface area (Å²) in [4.78, 5) is 29.5. The van der Waals surface area contributed by atoms with Gasteiger partial charge in [-0.1, -0.05) is 0 Å². The Balaban J connectivity index is 1.52. The van der Waals surface area contributed by atoms with Crippen molar-refractivity contribution in [2.75, 3.05) is 34.8 Å². The van der Waals surface area contributed by atoms with Gasteiger partial charge in [-0.25, -0.2) is 9.97 Å². The van der Waals surface area contributed by atoms with Crippen molar-refractivity contribution in [2.45, 2.75) is 32.1 Å². The molecule has 1 spiro atoms. The summed E-state index contributed by atoms with van der Waals surface area (Å²) in [5.41, 5.74) is 3.33. The number of rotatable bonds is 3. The van der Waals surface area contributed by atoms with Crippen molar-refractivity contribution in [2.24, 2.45) is 5.92 Å². The van der Waals surface area contributed by atoms with Gasteiger partial charge < -0.3 is 15.1 Å². The van der Waals surface area contributed by atoms with Gasteiger partial charge in [-0.15, -0.1) is 0 Å². The molecule has 8 heteroatoms. The number of fused-ring (bicyclic) bond motifs is 2. The number of aryl methyl sites for hydroxylation is 1. The largest absolute Gasteiger partial charge is 0.338 e. The van der Waals surface area contributed by atoms with Gasteiger partial charge in [-0.2, -0.15) is 10.2 Å². The second kappa shape index (κ2) is 5.89. The first-order valence-corrected chi connectivity index (χ1v) is 9.53. The van der Waals surface area contributed by atoms with Gasteiger partial charge in [-0.3, -0.25) is 4.79 Å². The van der Waals surface area contributed by atoms with Crippen molar-refractivity contribution < 1.29 is 4.79 Å². The Labute approximate surface area is 163 Å². The normalized spacial score (nSPS) is 19.2. The molecule has 0 atom stereocenters. The third-order valence-corrected chi connectivity index (χ3v) is 5.82. The molecule has 2 aromatic heterocycles. The van der Waals surface area contributed by atoms with Gasteiger partial charge in [0.1, 0.15) is 11.6 Å². The highest BCUT2D eigenvalue weighted by Gasteiger charge is 2.52. The van der Waals surface area contributed by atoms with Crippen LogP contribution in [-0.2, 0) is 10.2 Å². The number of amides is 1. The summed E-state index contributed by atoms with van der Waals surface area (Å²) in [7, 11) is 0. The van der Waals surface area contributed by atoms with Crippen molar-refractivity contribution >= 4 is 29.2 Å². The zero-order chi connectivity index (χ0) is 19.5. The fraction of sp³-hybridized carbons (Fsp3) is 0.450. The van der Waals surface area contributed by atoms with Gasteiger partial charge in [0.2, 0.25) is 11.9 Å². The highest BCUT2D eigenvalue weighted by Crippen LogP contribution is 2.58. The van der Waals surface area contributed by atoms with Gasteiger partial charge in [0.05, 0.1) is 17.7 Å². The van der Waals surface area contributed by atoms with Crippen molar-refractivity contribution in [3.8, 4) is 6.07 Å². The second-order valence-corrected chi connectivity index (χ2v) is 8.03.